The second-order valence-corrected chi connectivity index (χ2v) is 8.44. The standard InChI is InChI=1S/C18H32ClN5O2S/c1-5-24(6-2)17(15-10-8-9-11-16(15)19)14-22-18(20-4)21-12-13-23-27(25,26)7-3/h8-11,17,23H,5-7,12-14H2,1-4H3,(H2,20,21,22). The van der Waals surface area contributed by atoms with E-state index in [4.69, 9.17) is 11.6 Å². The summed E-state index contributed by atoms with van der Waals surface area (Å²) in [4.78, 5) is 6.54. The first-order valence-electron chi connectivity index (χ1n) is 9.28. The van der Waals surface area contributed by atoms with Crippen LogP contribution in [0, 0.1) is 0 Å². The lowest BCUT2D eigenvalue weighted by atomic mass is 10.0. The van der Waals surface area contributed by atoms with Crippen LogP contribution < -0.4 is 15.4 Å². The fraction of sp³-hybridized carbons (Fsp3) is 0.611. The highest BCUT2D eigenvalue weighted by Gasteiger charge is 2.20. The summed E-state index contributed by atoms with van der Waals surface area (Å²) in [6, 6.07) is 7.97. The predicted molar refractivity (Wildman–Crippen MR) is 114 cm³/mol. The van der Waals surface area contributed by atoms with Crippen LogP contribution in [0.5, 0.6) is 0 Å². The first-order valence-corrected chi connectivity index (χ1v) is 11.3. The topological polar surface area (TPSA) is 85.8 Å². The van der Waals surface area contributed by atoms with E-state index in [1.54, 1.807) is 14.0 Å². The van der Waals surface area contributed by atoms with Crippen molar-refractivity contribution in [1.82, 2.24) is 20.3 Å². The summed E-state index contributed by atoms with van der Waals surface area (Å²) >= 11 is 6.42. The van der Waals surface area contributed by atoms with Crippen LogP contribution in [0.3, 0.4) is 0 Å². The maximum atomic E-state index is 11.5. The summed E-state index contributed by atoms with van der Waals surface area (Å²) < 4.78 is 25.4. The van der Waals surface area contributed by atoms with Gasteiger partial charge in [0.25, 0.3) is 0 Å². The summed E-state index contributed by atoms with van der Waals surface area (Å²) in [5.74, 6) is 0.693. The van der Waals surface area contributed by atoms with Crippen molar-refractivity contribution < 1.29 is 8.42 Å². The Morgan fingerprint density at radius 3 is 2.37 bits per heavy atom. The number of hydrogen-bond acceptors (Lipinski definition) is 4. The Labute approximate surface area is 168 Å². The Hall–Kier alpha value is -1.35. The van der Waals surface area contributed by atoms with Gasteiger partial charge in [0.05, 0.1) is 11.8 Å². The molecule has 0 heterocycles. The minimum Gasteiger partial charge on any atom is -0.355 e. The van der Waals surface area contributed by atoms with Gasteiger partial charge in [-0.3, -0.25) is 9.89 Å². The van der Waals surface area contributed by atoms with Crippen molar-refractivity contribution in [1.29, 1.82) is 0 Å². The molecular formula is C18H32ClN5O2S. The Morgan fingerprint density at radius 2 is 1.81 bits per heavy atom. The van der Waals surface area contributed by atoms with Gasteiger partial charge in [0, 0.05) is 31.7 Å². The molecule has 0 saturated carbocycles. The van der Waals surface area contributed by atoms with E-state index in [0.717, 1.165) is 23.7 Å². The van der Waals surface area contributed by atoms with E-state index < -0.39 is 10.0 Å². The fourth-order valence-electron chi connectivity index (χ4n) is 2.75. The molecule has 0 fully saturated rings. The van der Waals surface area contributed by atoms with Crippen molar-refractivity contribution in [3.8, 4) is 0 Å². The van der Waals surface area contributed by atoms with Crippen molar-refractivity contribution in [3.05, 3.63) is 34.9 Å². The van der Waals surface area contributed by atoms with Crippen molar-refractivity contribution in [3.63, 3.8) is 0 Å². The van der Waals surface area contributed by atoms with Crippen LogP contribution in [0.4, 0.5) is 0 Å². The second kappa shape index (κ2) is 12.2. The van der Waals surface area contributed by atoms with E-state index in [9.17, 15) is 8.42 Å². The summed E-state index contributed by atoms with van der Waals surface area (Å²) in [5.41, 5.74) is 1.07. The van der Waals surface area contributed by atoms with Crippen LogP contribution in [0.25, 0.3) is 0 Å². The van der Waals surface area contributed by atoms with Crippen LogP contribution in [0.15, 0.2) is 29.3 Å². The monoisotopic (exact) mass is 417 g/mol. The van der Waals surface area contributed by atoms with Gasteiger partial charge in [0.2, 0.25) is 10.0 Å². The number of benzene rings is 1. The molecule has 0 aliphatic rings. The minimum atomic E-state index is -3.18. The first-order chi connectivity index (χ1) is 12.9. The predicted octanol–water partition coefficient (Wildman–Crippen LogP) is 1.83. The fourth-order valence-corrected chi connectivity index (χ4v) is 3.63. The van der Waals surface area contributed by atoms with E-state index in [1.807, 2.05) is 24.3 Å². The van der Waals surface area contributed by atoms with Crippen molar-refractivity contribution in [2.24, 2.45) is 4.99 Å². The lowest BCUT2D eigenvalue weighted by Gasteiger charge is -2.31. The van der Waals surface area contributed by atoms with E-state index in [0.29, 0.717) is 25.6 Å². The molecule has 0 amide bonds. The zero-order chi connectivity index (χ0) is 20.3. The van der Waals surface area contributed by atoms with Gasteiger partial charge in [0.15, 0.2) is 5.96 Å². The zero-order valence-corrected chi connectivity index (χ0v) is 18.2. The highest BCUT2D eigenvalue weighted by molar-refractivity contribution is 7.89. The molecule has 9 heteroatoms. The molecule has 0 aliphatic heterocycles. The van der Waals surface area contributed by atoms with Gasteiger partial charge in [-0.15, -0.1) is 0 Å². The number of nitrogens with zero attached hydrogens (tertiary/aromatic N) is 2. The quantitative estimate of drug-likeness (QED) is 0.290. The van der Waals surface area contributed by atoms with Gasteiger partial charge in [-0.1, -0.05) is 43.6 Å². The Bertz CT molecular complexity index is 693. The number of hydrogen-bond donors (Lipinski definition) is 3. The molecule has 0 saturated heterocycles. The van der Waals surface area contributed by atoms with Gasteiger partial charge >= 0.3 is 0 Å². The lowest BCUT2D eigenvalue weighted by molar-refractivity contribution is 0.219. The third-order valence-corrected chi connectivity index (χ3v) is 6.07. The molecule has 0 aromatic heterocycles. The molecule has 1 unspecified atom stereocenters. The van der Waals surface area contributed by atoms with Crippen LogP contribution in [-0.2, 0) is 10.0 Å². The van der Waals surface area contributed by atoms with Crippen LogP contribution in [0.2, 0.25) is 5.02 Å². The molecule has 7 nitrogen and oxygen atoms in total. The smallest absolute Gasteiger partial charge is 0.211 e. The summed E-state index contributed by atoms with van der Waals surface area (Å²) in [5, 5.41) is 7.18. The molecule has 1 aromatic carbocycles. The Kier molecular flexibility index (Phi) is 10.7. The minimum absolute atomic E-state index is 0.0728. The molecule has 1 aromatic rings. The molecule has 0 bridgehead atoms. The summed E-state index contributed by atoms with van der Waals surface area (Å²) in [6.45, 7) is 9.05. The normalized spacial score (nSPS) is 13.6. The molecular weight excluding hydrogens is 386 g/mol. The Balaban J connectivity index is 2.69. The molecule has 0 aliphatic carbocycles. The van der Waals surface area contributed by atoms with Gasteiger partial charge in [-0.05, 0) is 31.6 Å². The number of guanidine groups is 1. The summed E-state index contributed by atoms with van der Waals surface area (Å²) in [6.07, 6.45) is 0. The number of sulfonamides is 1. The van der Waals surface area contributed by atoms with E-state index in [1.165, 1.54) is 0 Å². The lowest BCUT2D eigenvalue weighted by Crippen LogP contribution is -2.45. The van der Waals surface area contributed by atoms with Crippen LogP contribution >= 0.6 is 11.6 Å². The van der Waals surface area contributed by atoms with Gasteiger partial charge in [-0.2, -0.15) is 0 Å². The maximum absolute atomic E-state index is 11.5. The third-order valence-electron chi connectivity index (χ3n) is 4.32. The van der Waals surface area contributed by atoms with E-state index in [-0.39, 0.29) is 11.8 Å². The van der Waals surface area contributed by atoms with Crippen LogP contribution in [0.1, 0.15) is 32.4 Å². The van der Waals surface area contributed by atoms with Crippen molar-refractivity contribution in [2.45, 2.75) is 26.8 Å². The summed E-state index contributed by atoms with van der Waals surface area (Å²) in [7, 11) is -1.49. The SMILES string of the molecule is CCN(CC)C(CNC(=NC)NCCNS(=O)(=O)CC)c1ccccc1Cl. The zero-order valence-electron chi connectivity index (χ0n) is 16.6. The second-order valence-electron chi connectivity index (χ2n) is 5.94. The third kappa shape index (κ3) is 8.04. The van der Waals surface area contributed by atoms with Crippen molar-refractivity contribution >= 4 is 27.6 Å². The highest BCUT2D eigenvalue weighted by Crippen LogP contribution is 2.26. The molecule has 0 spiro atoms. The largest absolute Gasteiger partial charge is 0.355 e. The van der Waals surface area contributed by atoms with Gasteiger partial charge in [-0.25, -0.2) is 13.1 Å². The van der Waals surface area contributed by atoms with Crippen LogP contribution in [-0.4, -0.2) is 64.8 Å². The van der Waals surface area contributed by atoms with E-state index >= 15 is 0 Å². The average Bonchev–Trinajstić information content (AvgIpc) is 2.67. The highest BCUT2D eigenvalue weighted by atomic mass is 35.5. The maximum Gasteiger partial charge on any atom is 0.211 e. The number of likely N-dealkylation sites (N-methyl/N-ethyl adjacent to an activating group) is 1. The van der Waals surface area contributed by atoms with E-state index in [2.05, 4.69) is 39.1 Å². The molecule has 27 heavy (non-hydrogen) atoms. The molecule has 3 N–H and O–H groups in total. The van der Waals surface area contributed by atoms with Gasteiger partial charge in [0.1, 0.15) is 0 Å². The molecule has 1 rings (SSSR count). The molecule has 154 valence electrons. The molecule has 0 radical (unpaired) electrons. The number of aliphatic imine (C=N–C) groups is 1. The first kappa shape index (κ1) is 23.7. The molecule has 1 atom stereocenters. The number of rotatable bonds is 11. The van der Waals surface area contributed by atoms with Gasteiger partial charge < -0.3 is 10.6 Å². The number of halogens is 1. The Morgan fingerprint density at radius 1 is 1.15 bits per heavy atom. The average molecular weight is 418 g/mol. The number of nitrogens with one attached hydrogen (secondary N) is 3. The van der Waals surface area contributed by atoms with Crippen molar-refractivity contribution in [2.75, 3.05) is 45.5 Å².